The molecule has 2 N–H and O–H groups in total. The number of aromatic nitrogens is 2. The highest BCUT2D eigenvalue weighted by Gasteiger charge is 2.36. The maximum Gasteiger partial charge on any atom is 0.261 e. The molecular weight excluding hydrogens is 354 g/mol. The minimum absolute atomic E-state index is 0.0369. The number of ether oxygens (including phenoxy) is 1. The maximum atomic E-state index is 13.2. The Balaban J connectivity index is 1.72. The number of hydrogen-bond acceptors (Lipinski definition) is 5. The molecule has 1 aromatic carbocycles. The number of carbonyl (C=O) groups is 1. The molecule has 0 radical (unpaired) electrons. The summed E-state index contributed by atoms with van der Waals surface area (Å²) in [7, 11) is 1.94. The summed E-state index contributed by atoms with van der Waals surface area (Å²) >= 11 is 0. The molecule has 0 spiro atoms. The molecule has 1 atom stereocenters. The zero-order valence-electron chi connectivity index (χ0n) is 16.8. The van der Waals surface area contributed by atoms with Gasteiger partial charge in [-0.2, -0.15) is 5.10 Å². The third-order valence-electron chi connectivity index (χ3n) is 5.29. The van der Waals surface area contributed by atoms with Crippen molar-refractivity contribution in [2.45, 2.75) is 32.9 Å². The van der Waals surface area contributed by atoms with Gasteiger partial charge in [-0.3, -0.25) is 9.48 Å². The Morgan fingerprint density at radius 2 is 2.07 bits per heavy atom. The van der Waals surface area contributed by atoms with Crippen LogP contribution in [0.25, 0.3) is 5.57 Å². The standard InChI is InChI=1S/C21H27N5O2/c1-13(2)26-19-6-5-15(24-14(3)18-7-8-23-25(18)4)11-16(19)20(21(26)27)17-12-28-10-9-22-17/h5-8,11,13-14,22,24H,9-10,12H2,1-4H3/b20-17-. The van der Waals surface area contributed by atoms with E-state index in [4.69, 9.17) is 4.74 Å². The topological polar surface area (TPSA) is 71.4 Å². The van der Waals surface area contributed by atoms with Crippen molar-refractivity contribution in [3.8, 4) is 0 Å². The van der Waals surface area contributed by atoms with Crippen LogP contribution in [0.2, 0.25) is 0 Å². The summed E-state index contributed by atoms with van der Waals surface area (Å²) in [6.45, 7) is 8.00. The van der Waals surface area contributed by atoms with Crippen molar-refractivity contribution >= 4 is 22.9 Å². The van der Waals surface area contributed by atoms with Gasteiger partial charge in [0.15, 0.2) is 0 Å². The third kappa shape index (κ3) is 3.16. The summed E-state index contributed by atoms with van der Waals surface area (Å²) in [5.74, 6) is 0.0369. The molecule has 4 rings (SSSR count). The average molecular weight is 381 g/mol. The molecule has 7 heteroatoms. The van der Waals surface area contributed by atoms with Crippen LogP contribution >= 0.6 is 0 Å². The van der Waals surface area contributed by atoms with Gasteiger partial charge >= 0.3 is 0 Å². The van der Waals surface area contributed by atoms with Gasteiger partial charge in [-0.25, -0.2) is 0 Å². The van der Waals surface area contributed by atoms with Crippen molar-refractivity contribution in [2.75, 3.05) is 30.0 Å². The molecule has 1 unspecified atom stereocenters. The van der Waals surface area contributed by atoms with Crippen LogP contribution < -0.4 is 15.5 Å². The lowest BCUT2D eigenvalue weighted by Gasteiger charge is -2.22. The number of anilines is 2. The average Bonchev–Trinajstić information content (AvgIpc) is 3.22. The van der Waals surface area contributed by atoms with Gasteiger partial charge in [-0.05, 0) is 45.0 Å². The fraction of sp³-hybridized carbons (Fsp3) is 0.429. The van der Waals surface area contributed by atoms with E-state index in [0.717, 1.165) is 40.4 Å². The van der Waals surface area contributed by atoms with E-state index < -0.39 is 0 Å². The van der Waals surface area contributed by atoms with Crippen LogP contribution in [0.3, 0.4) is 0 Å². The number of aryl methyl sites for hydroxylation is 1. The normalized spacial score (nSPS) is 20.3. The van der Waals surface area contributed by atoms with Crippen LogP contribution in [-0.4, -0.2) is 41.5 Å². The van der Waals surface area contributed by atoms with Crippen LogP contribution in [0, 0.1) is 0 Å². The van der Waals surface area contributed by atoms with E-state index >= 15 is 0 Å². The second-order valence-electron chi connectivity index (χ2n) is 7.58. The number of rotatable bonds is 4. The van der Waals surface area contributed by atoms with Gasteiger partial charge in [0.1, 0.15) is 0 Å². The number of benzene rings is 1. The third-order valence-corrected chi connectivity index (χ3v) is 5.29. The molecule has 2 aromatic rings. The molecule has 1 aromatic heterocycles. The minimum Gasteiger partial charge on any atom is -0.383 e. The Morgan fingerprint density at radius 3 is 2.71 bits per heavy atom. The van der Waals surface area contributed by atoms with Gasteiger partial charge in [0, 0.05) is 37.1 Å². The molecule has 1 saturated heterocycles. The highest BCUT2D eigenvalue weighted by molar-refractivity contribution is 6.33. The van der Waals surface area contributed by atoms with Gasteiger partial charge in [-0.1, -0.05) is 0 Å². The summed E-state index contributed by atoms with van der Waals surface area (Å²) in [6.07, 6.45) is 1.80. The van der Waals surface area contributed by atoms with Gasteiger partial charge < -0.3 is 20.3 Å². The van der Waals surface area contributed by atoms with E-state index in [1.165, 1.54) is 0 Å². The first-order valence-corrected chi connectivity index (χ1v) is 9.74. The van der Waals surface area contributed by atoms with E-state index in [2.05, 4.69) is 28.7 Å². The van der Waals surface area contributed by atoms with Crippen LogP contribution in [0.5, 0.6) is 0 Å². The lowest BCUT2D eigenvalue weighted by atomic mass is 10.0. The molecule has 2 aliphatic heterocycles. The number of hydrogen-bond donors (Lipinski definition) is 2. The fourth-order valence-electron chi connectivity index (χ4n) is 3.98. The predicted octanol–water partition coefficient (Wildman–Crippen LogP) is 2.68. The van der Waals surface area contributed by atoms with E-state index in [1.807, 2.05) is 48.7 Å². The Labute approximate surface area is 165 Å². The number of nitrogens with one attached hydrogen (secondary N) is 2. The molecule has 1 amide bonds. The van der Waals surface area contributed by atoms with Crippen molar-refractivity contribution in [3.05, 3.63) is 47.4 Å². The lowest BCUT2D eigenvalue weighted by Crippen LogP contribution is -2.35. The van der Waals surface area contributed by atoms with E-state index in [1.54, 1.807) is 6.20 Å². The van der Waals surface area contributed by atoms with Gasteiger partial charge in [0.25, 0.3) is 5.91 Å². The predicted molar refractivity (Wildman–Crippen MR) is 110 cm³/mol. The Morgan fingerprint density at radius 1 is 1.25 bits per heavy atom. The molecule has 7 nitrogen and oxygen atoms in total. The second-order valence-corrected chi connectivity index (χ2v) is 7.58. The summed E-state index contributed by atoms with van der Waals surface area (Å²) in [6, 6.07) is 8.32. The molecule has 1 fully saturated rings. The Kier molecular flexibility index (Phi) is 4.85. The highest BCUT2D eigenvalue weighted by Crippen LogP contribution is 2.41. The molecule has 28 heavy (non-hydrogen) atoms. The molecule has 0 saturated carbocycles. The minimum atomic E-state index is 0.0369. The van der Waals surface area contributed by atoms with Crippen LogP contribution in [-0.2, 0) is 16.6 Å². The zero-order valence-corrected chi connectivity index (χ0v) is 16.8. The van der Waals surface area contributed by atoms with Crippen molar-refractivity contribution in [1.29, 1.82) is 0 Å². The Hall–Kier alpha value is -2.80. The number of fused-ring (bicyclic) bond motifs is 1. The summed E-state index contributed by atoms with van der Waals surface area (Å²) in [4.78, 5) is 15.1. The van der Waals surface area contributed by atoms with Gasteiger partial charge in [0.05, 0.1) is 41.9 Å². The van der Waals surface area contributed by atoms with Gasteiger partial charge in [-0.15, -0.1) is 0 Å². The monoisotopic (exact) mass is 381 g/mol. The number of nitrogens with zero attached hydrogens (tertiary/aromatic N) is 3. The smallest absolute Gasteiger partial charge is 0.261 e. The number of morpholine rings is 1. The number of amides is 1. The van der Waals surface area contributed by atoms with Crippen molar-refractivity contribution in [3.63, 3.8) is 0 Å². The first-order valence-electron chi connectivity index (χ1n) is 9.74. The molecule has 0 aliphatic carbocycles. The fourth-order valence-corrected chi connectivity index (χ4v) is 3.98. The largest absolute Gasteiger partial charge is 0.383 e. The van der Waals surface area contributed by atoms with Crippen molar-refractivity contribution in [2.24, 2.45) is 7.05 Å². The summed E-state index contributed by atoms with van der Waals surface area (Å²) in [5.41, 5.74) is 5.57. The highest BCUT2D eigenvalue weighted by atomic mass is 16.5. The molecular formula is C21H27N5O2. The van der Waals surface area contributed by atoms with Crippen molar-refractivity contribution in [1.82, 2.24) is 15.1 Å². The Bertz CT molecular complexity index is 923. The first-order chi connectivity index (χ1) is 13.5. The summed E-state index contributed by atoms with van der Waals surface area (Å²) in [5, 5.41) is 11.1. The molecule has 2 aliphatic rings. The van der Waals surface area contributed by atoms with Crippen LogP contribution in [0.15, 0.2) is 36.2 Å². The van der Waals surface area contributed by atoms with Crippen LogP contribution in [0.4, 0.5) is 11.4 Å². The summed E-state index contributed by atoms with van der Waals surface area (Å²) < 4.78 is 7.46. The first kappa shape index (κ1) is 18.6. The maximum absolute atomic E-state index is 13.2. The quantitative estimate of drug-likeness (QED) is 0.797. The molecule has 148 valence electrons. The van der Waals surface area contributed by atoms with Gasteiger partial charge in [0.2, 0.25) is 0 Å². The van der Waals surface area contributed by atoms with Crippen molar-refractivity contribution < 1.29 is 9.53 Å². The van der Waals surface area contributed by atoms with E-state index in [-0.39, 0.29) is 18.0 Å². The SMILES string of the molecule is CC(Nc1ccc2c(c1)/C(=C1\COCCN1)C(=O)N2C(C)C)c1ccnn1C. The zero-order chi connectivity index (χ0) is 19.8. The van der Waals surface area contributed by atoms with E-state index in [0.29, 0.717) is 13.2 Å². The van der Waals surface area contributed by atoms with E-state index in [9.17, 15) is 4.79 Å². The molecule has 0 bridgehead atoms. The number of carbonyl (C=O) groups excluding carboxylic acids is 1. The molecule has 3 heterocycles. The van der Waals surface area contributed by atoms with Crippen LogP contribution in [0.1, 0.15) is 38.1 Å². The lowest BCUT2D eigenvalue weighted by molar-refractivity contribution is -0.113. The second kappa shape index (κ2) is 7.31.